The second kappa shape index (κ2) is 4.95. The maximum atomic E-state index is 10.7. The lowest BCUT2D eigenvalue weighted by molar-refractivity contribution is -0.384. The molecule has 0 radical (unpaired) electrons. The lowest BCUT2D eigenvalue weighted by Gasteiger charge is -2.03. The van der Waals surface area contributed by atoms with E-state index in [-0.39, 0.29) is 23.1 Å². The number of fused-ring (bicyclic) bond motifs is 1. The molecule has 8 heteroatoms. The van der Waals surface area contributed by atoms with Crippen LogP contribution in [-0.4, -0.2) is 15.0 Å². The summed E-state index contributed by atoms with van der Waals surface area (Å²) in [6.07, 6.45) is 0. The predicted molar refractivity (Wildman–Crippen MR) is 77.1 cm³/mol. The zero-order valence-corrected chi connectivity index (χ0v) is 11.2. The quantitative estimate of drug-likeness (QED) is 0.433. The maximum absolute atomic E-state index is 10.7. The van der Waals surface area contributed by atoms with Crippen LogP contribution in [0, 0.1) is 10.1 Å². The number of halogens is 1. The zero-order valence-electron chi connectivity index (χ0n) is 10.4. The number of aromatic hydroxyl groups is 1. The number of nitro groups is 1. The minimum Gasteiger partial charge on any atom is -0.506 e. The van der Waals surface area contributed by atoms with Gasteiger partial charge in [-0.15, -0.1) is 0 Å². The van der Waals surface area contributed by atoms with Crippen LogP contribution in [0.25, 0.3) is 11.1 Å². The van der Waals surface area contributed by atoms with E-state index in [1.54, 1.807) is 18.2 Å². The molecular formula is C13H8ClN3O4. The number of phenols is 1. The number of hydrogen-bond acceptors (Lipinski definition) is 6. The van der Waals surface area contributed by atoms with Crippen LogP contribution in [0.3, 0.4) is 0 Å². The molecule has 0 aliphatic heterocycles. The van der Waals surface area contributed by atoms with Gasteiger partial charge in [0.2, 0.25) is 0 Å². The van der Waals surface area contributed by atoms with E-state index < -0.39 is 4.92 Å². The monoisotopic (exact) mass is 305 g/mol. The van der Waals surface area contributed by atoms with Crippen LogP contribution < -0.4 is 5.32 Å². The molecule has 0 aliphatic rings. The summed E-state index contributed by atoms with van der Waals surface area (Å²) < 4.78 is 5.42. The number of non-ortho nitro benzene ring substituents is 1. The van der Waals surface area contributed by atoms with Gasteiger partial charge in [-0.05, 0) is 18.2 Å². The minimum atomic E-state index is -0.559. The Morgan fingerprint density at radius 3 is 2.86 bits per heavy atom. The summed E-state index contributed by atoms with van der Waals surface area (Å²) >= 11 is 5.85. The average Bonchev–Trinajstić information content (AvgIpc) is 2.82. The molecule has 0 bridgehead atoms. The molecule has 0 spiro atoms. The van der Waals surface area contributed by atoms with E-state index >= 15 is 0 Å². The van der Waals surface area contributed by atoms with Crippen LogP contribution in [0.1, 0.15) is 0 Å². The van der Waals surface area contributed by atoms with Gasteiger partial charge >= 0.3 is 0 Å². The fraction of sp³-hybridized carbons (Fsp3) is 0. The van der Waals surface area contributed by atoms with Crippen LogP contribution in [0.4, 0.5) is 17.4 Å². The van der Waals surface area contributed by atoms with Gasteiger partial charge in [-0.25, -0.2) is 0 Å². The van der Waals surface area contributed by atoms with Crippen molar-refractivity contribution in [2.24, 2.45) is 0 Å². The van der Waals surface area contributed by atoms with Crippen molar-refractivity contribution in [1.82, 2.24) is 4.98 Å². The number of nitrogens with zero attached hydrogens (tertiary/aromatic N) is 2. The van der Waals surface area contributed by atoms with Gasteiger partial charge in [-0.1, -0.05) is 11.6 Å². The smallest absolute Gasteiger partial charge is 0.300 e. The average molecular weight is 306 g/mol. The van der Waals surface area contributed by atoms with Gasteiger partial charge < -0.3 is 14.8 Å². The highest BCUT2D eigenvalue weighted by atomic mass is 35.5. The third-order valence-electron chi connectivity index (χ3n) is 2.78. The van der Waals surface area contributed by atoms with Gasteiger partial charge in [0.25, 0.3) is 11.7 Å². The van der Waals surface area contributed by atoms with Crippen LogP contribution in [0.15, 0.2) is 40.8 Å². The second-order valence-corrected chi connectivity index (χ2v) is 4.65. The van der Waals surface area contributed by atoms with Gasteiger partial charge in [0.1, 0.15) is 11.3 Å². The first-order chi connectivity index (χ1) is 10.0. The lowest BCUT2D eigenvalue weighted by atomic mass is 10.2. The first kappa shape index (κ1) is 13.2. The van der Waals surface area contributed by atoms with Gasteiger partial charge in [-0.2, -0.15) is 4.98 Å². The number of rotatable bonds is 3. The summed E-state index contributed by atoms with van der Waals surface area (Å²) in [5.74, 6) is -0.152. The fourth-order valence-electron chi connectivity index (χ4n) is 1.80. The van der Waals surface area contributed by atoms with Crippen LogP contribution in [-0.2, 0) is 0 Å². The normalized spacial score (nSPS) is 10.7. The van der Waals surface area contributed by atoms with E-state index in [0.29, 0.717) is 16.1 Å². The van der Waals surface area contributed by atoms with E-state index in [1.165, 1.54) is 18.2 Å². The predicted octanol–water partition coefficient (Wildman–Crippen LogP) is 3.84. The molecule has 21 heavy (non-hydrogen) atoms. The van der Waals surface area contributed by atoms with Gasteiger partial charge in [-0.3, -0.25) is 10.1 Å². The van der Waals surface area contributed by atoms with Crippen molar-refractivity contribution in [3.05, 3.63) is 51.5 Å². The molecular weight excluding hydrogens is 298 g/mol. The molecule has 1 heterocycles. The Labute approximate surface area is 122 Å². The van der Waals surface area contributed by atoms with Crippen molar-refractivity contribution in [2.75, 3.05) is 5.32 Å². The van der Waals surface area contributed by atoms with E-state index in [9.17, 15) is 15.2 Å². The Morgan fingerprint density at radius 2 is 2.10 bits per heavy atom. The first-order valence-electron chi connectivity index (χ1n) is 5.83. The summed E-state index contributed by atoms with van der Waals surface area (Å²) in [5.41, 5.74) is 1.01. The SMILES string of the molecule is O=[N+]([O-])c1ccc(O)c(Nc2nc3ccc(Cl)cc3o2)c1. The molecule has 2 aromatic carbocycles. The zero-order chi connectivity index (χ0) is 15.0. The highest BCUT2D eigenvalue weighted by Gasteiger charge is 2.13. The summed E-state index contributed by atoms with van der Waals surface area (Å²) in [5, 5.41) is 23.7. The van der Waals surface area contributed by atoms with Crippen molar-refractivity contribution in [2.45, 2.75) is 0 Å². The van der Waals surface area contributed by atoms with Crippen molar-refractivity contribution in [3.63, 3.8) is 0 Å². The van der Waals surface area contributed by atoms with E-state index in [4.69, 9.17) is 16.0 Å². The Morgan fingerprint density at radius 1 is 1.29 bits per heavy atom. The molecule has 0 saturated heterocycles. The third kappa shape index (κ3) is 2.59. The Balaban J connectivity index is 1.98. The lowest BCUT2D eigenvalue weighted by Crippen LogP contribution is -1.93. The fourth-order valence-corrected chi connectivity index (χ4v) is 1.97. The number of oxazole rings is 1. The number of anilines is 2. The number of nitrogens with one attached hydrogen (secondary N) is 1. The molecule has 2 N–H and O–H groups in total. The third-order valence-corrected chi connectivity index (χ3v) is 3.02. The molecule has 0 atom stereocenters. The van der Waals surface area contributed by atoms with Crippen LogP contribution in [0.2, 0.25) is 5.02 Å². The molecule has 1 aromatic heterocycles. The Hall–Kier alpha value is -2.80. The highest BCUT2D eigenvalue weighted by Crippen LogP contribution is 2.31. The van der Waals surface area contributed by atoms with Crippen molar-refractivity contribution < 1.29 is 14.4 Å². The topological polar surface area (TPSA) is 101 Å². The van der Waals surface area contributed by atoms with Crippen molar-refractivity contribution >= 4 is 40.1 Å². The van der Waals surface area contributed by atoms with Gasteiger partial charge in [0, 0.05) is 23.2 Å². The molecule has 7 nitrogen and oxygen atoms in total. The molecule has 0 amide bonds. The van der Waals surface area contributed by atoms with Crippen molar-refractivity contribution in [3.8, 4) is 5.75 Å². The molecule has 0 saturated carbocycles. The number of nitro benzene ring substituents is 1. The molecule has 0 aliphatic carbocycles. The molecule has 0 unspecified atom stereocenters. The standard InChI is InChI=1S/C13H8ClN3O4/c14-7-1-3-9-12(5-7)21-13(15-9)16-10-6-8(17(19)20)2-4-11(10)18/h1-6,18H,(H,15,16). The van der Waals surface area contributed by atoms with Gasteiger partial charge in [0.05, 0.1) is 10.6 Å². The molecule has 3 rings (SSSR count). The molecule has 106 valence electrons. The van der Waals surface area contributed by atoms with E-state index in [2.05, 4.69) is 10.3 Å². The number of hydrogen-bond donors (Lipinski definition) is 2. The van der Waals surface area contributed by atoms with E-state index in [0.717, 1.165) is 0 Å². The minimum absolute atomic E-state index is 0.100. The number of aromatic nitrogens is 1. The maximum Gasteiger partial charge on any atom is 0.300 e. The summed E-state index contributed by atoms with van der Waals surface area (Å²) in [7, 11) is 0. The summed E-state index contributed by atoms with van der Waals surface area (Å²) in [6.45, 7) is 0. The van der Waals surface area contributed by atoms with Crippen LogP contribution >= 0.6 is 11.6 Å². The first-order valence-corrected chi connectivity index (χ1v) is 6.21. The summed E-state index contributed by atoms with van der Waals surface area (Å²) in [6, 6.07) is 8.66. The number of phenolic OH excluding ortho intramolecular Hbond substituents is 1. The second-order valence-electron chi connectivity index (χ2n) is 4.21. The van der Waals surface area contributed by atoms with E-state index in [1.807, 2.05) is 0 Å². The number of benzene rings is 2. The molecule has 0 fully saturated rings. The van der Waals surface area contributed by atoms with Gasteiger partial charge in [0.15, 0.2) is 5.58 Å². The molecule has 3 aromatic rings. The highest BCUT2D eigenvalue weighted by molar-refractivity contribution is 6.31. The Kier molecular flexibility index (Phi) is 3.11. The van der Waals surface area contributed by atoms with Crippen molar-refractivity contribution in [1.29, 1.82) is 0 Å². The van der Waals surface area contributed by atoms with Crippen LogP contribution in [0.5, 0.6) is 5.75 Å². The largest absolute Gasteiger partial charge is 0.506 e. The summed E-state index contributed by atoms with van der Waals surface area (Å²) in [4.78, 5) is 14.3. The Bertz CT molecular complexity index is 847.